The second kappa shape index (κ2) is 8.06. The van der Waals surface area contributed by atoms with Crippen LogP contribution in [-0.2, 0) is 17.8 Å². The quantitative estimate of drug-likeness (QED) is 0.851. The Balaban J connectivity index is 1.45. The maximum Gasteiger partial charge on any atom is 0.317 e. The molecule has 0 bridgehead atoms. The van der Waals surface area contributed by atoms with E-state index in [1.165, 1.54) is 0 Å². The molecule has 1 atom stereocenters. The van der Waals surface area contributed by atoms with E-state index in [0.717, 1.165) is 48.5 Å². The van der Waals surface area contributed by atoms with Crippen LogP contribution in [0.3, 0.4) is 0 Å². The van der Waals surface area contributed by atoms with E-state index in [1.54, 1.807) is 0 Å². The molecule has 0 aliphatic carbocycles. The van der Waals surface area contributed by atoms with Crippen LogP contribution in [-0.4, -0.2) is 54.5 Å². The minimum absolute atomic E-state index is 0.0471. The number of carbonyl (C=O) groups excluding carboxylic acids is 2. The van der Waals surface area contributed by atoms with E-state index in [0.29, 0.717) is 26.2 Å². The molecule has 3 rings (SSSR count). The lowest BCUT2D eigenvalue weighted by atomic mass is 9.97. The van der Waals surface area contributed by atoms with E-state index < -0.39 is 0 Å². The minimum Gasteiger partial charge on any atom is -0.369 e. The van der Waals surface area contributed by atoms with Crippen molar-refractivity contribution in [3.05, 3.63) is 34.3 Å². The molecule has 1 aromatic carbocycles. The van der Waals surface area contributed by atoms with Crippen molar-refractivity contribution < 1.29 is 9.59 Å². The number of piperidine rings is 1. The summed E-state index contributed by atoms with van der Waals surface area (Å²) in [5.41, 5.74) is 7.67. The van der Waals surface area contributed by atoms with Crippen molar-refractivity contribution in [2.75, 3.05) is 32.7 Å². The summed E-state index contributed by atoms with van der Waals surface area (Å²) in [6, 6.07) is 5.80. The number of hydrogen-bond donors (Lipinski definition) is 2. The average molecular weight is 365 g/mol. The number of nitrogens with two attached hydrogens (primary N) is 1. The number of likely N-dealkylation sites (tertiary alicyclic amines) is 1. The maximum atomic E-state index is 12.4. The molecule has 0 aromatic heterocycles. The Bertz CT molecular complexity index is 652. The Morgan fingerprint density at radius 1 is 1.32 bits per heavy atom. The number of nitrogens with zero attached hydrogens (tertiary/aromatic N) is 2. The largest absolute Gasteiger partial charge is 0.369 e. The number of fused-ring (bicyclic) bond motifs is 1. The van der Waals surface area contributed by atoms with E-state index in [4.69, 9.17) is 17.3 Å². The van der Waals surface area contributed by atoms with E-state index >= 15 is 0 Å². The van der Waals surface area contributed by atoms with Crippen LogP contribution >= 0.6 is 11.6 Å². The number of rotatable bonds is 4. The number of benzene rings is 1. The van der Waals surface area contributed by atoms with E-state index in [1.807, 2.05) is 23.1 Å². The van der Waals surface area contributed by atoms with Gasteiger partial charge < -0.3 is 20.9 Å². The van der Waals surface area contributed by atoms with Crippen LogP contribution in [0.2, 0.25) is 5.02 Å². The van der Waals surface area contributed by atoms with Crippen molar-refractivity contribution in [1.82, 2.24) is 15.1 Å². The van der Waals surface area contributed by atoms with E-state index in [9.17, 15) is 9.59 Å². The van der Waals surface area contributed by atoms with Gasteiger partial charge in [-0.2, -0.15) is 0 Å². The highest BCUT2D eigenvalue weighted by molar-refractivity contribution is 6.31. The minimum atomic E-state index is -0.223. The van der Waals surface area contributed by atoms with Gasteiger partial charge >= 0.3 is 6.03 Å². The number of hydrogen-bond acceptors (Lipinski definition) is 3. The van der Waals surface area contributed by atoms with Crippen molar-refractivity contribution >= 4 is 23.5 Å². The SMILES string of the molecule is NC(=O)[C@@H]1CCCN(CCNC(=O)N2CCc3c(Cl)cccc3C2)C1. The number of carbonyl (C=O) groups is 2. The van der Waals surface area contributed by atoms with Crippen molar-refractivity contribution in [2.24, 2.45) is 11.7 Å². The Kier molecular flexibility index (Phi) is 5.81. The number of amides is 3. The summed E-state index contributed by atoms with van der Waals surface area (Å²) in [7, 11) is 0. The van der Waals surface area contributed by atoms with Gasteiger partial charge in [-0.3, -0.25) is 4.79 Å². The number of nitrogens with one attached hydrogen (secondary N) is 1. The molecular weight excluding hydrogens is 340 g/mol. The number of halogens is 1. The fourth-order valence-corrected chi connectivity index (χ4v) is 3.95. The van der Waals surface area contributed by atoms with Crippen LogP contribution in [0.1, 0.15) is 24.0 Å². The van der Waals surface area contributed by atoms with Gasteiger partial charge in [-0.25, -0.2) is 4.79 Å². The molecule has 6 nitrogen and oxygen atoms in total. The zero-order chi connectivity index (χ0) is 17.8. The van der Waals surface area contributed by atoms with Gasteiger partial charge in [-0.1, -0.05) is 23.7 Å². The molecular formula is C18H25ClN4O2. The van der Waals surface area contributed by atoms with Crippen LogP contribution in [0.4, 0.5) is 4.79 Å². The highest BCUT2D eigenvalue weighted by Gasteiger charge is 2.24. The van der Waals surface area contributed by atoms with Crippen molar-refractivity contribution in [2.45, 2.75) is 25.8 Å². The van der Waals surface area contributed by atoms with E-state index in [-0.39, 0.29) is 17.9 Å². The topological polar surface area (TPSA) is 78.7 Å². The van der Waals surface area contributed by atoms with Gasteiger partial charge in [0.15, 0.2) is 0 Å². The third kappa shape index (κ3) is 4.44. The first kappa shape index (κ1) is 18.0. The van der Waals surface area contributed by atoms with Gasteiger partial charge in [0.05, 0.1) is 5.92 Å². The molecule has 0 radical (unpaired) electrons. The first-order valence-corrected chi connectivity index (χ1v) is 9.23. The summed E-state index contributed by atoms with van der Waals surface area (Å²) in [4.78, 5) is 27.7. The highest BCUT2D eigenvalue weighted by atomic mass is 35.5. The maximum absolute atomic E-state index is 12.4. The molecule has 2 aliphatic heterocycles. The monoisotopic (exact) mass is 364 g/mol. The van der Waals surface area contributed by atoms with Gasteiger partial charge in [0.1, 0.15) is 0 Å². The summed E-state index contributed by atoms with van der Waals surface area (Å²) < 4.78 is 0. The van der Waals surface area contributed by atoms with Gasteiger partial charge in [0.2, 0.25) is 5.91 Å². The molecule has 0 saturated carbocycles. The molecule has 25 heavy (non-hydrogen) atoms. The molecule has 2 aliphatic rings. The van der Waals surface area contributed by atoms with Crippen LogP contribution in [0.5, 0.6) is 0 Å². The number of urea groups is 1. The summed E-state index contributed by atoms with van der Waals surface area (Å²) in [5.74, 6) is -0.285. The molecule has 0 spiro atoms. The predicted octanol–water partition coefficient (Wildman–Crippen LogP) is 1.60. The lowest BCUT2D eigenvalue weighted by Gasteiger charge is -2.32. The van der Waals surface area contributed by atoms with Crippen molar-refractivity contribution in [3.63, 3.8) is 0 Å². The molecule has 1 aromatic rings. The third-order valence-electron chi connectivity index (χ3n) is 5.11. The summed E-state index contributed by atoms with van der Waals surface area (Å²) in [6.07, 6.45) is 2.63. The predicted molar refractivity (Wildman–Crippen MR) is 97.3 cm³/mol. The zero-order valence-corrected chi connectivity index (χ0v) is 15.1. The first-order chi connectivity index (χ1) is 12.0. The summed E-state index contributed by atoms with van der Waals surface area (Å²) >= 11 is 6.22. The van der Waals surface area contributed by atoms with Crippen LogP contribution < -0.4 is 11.1 Å². The lowest BCUT2D eigenvalue weighted by Crippen LogP contribution is -2.47. The Morgan fingerprint density at radius 2 is 2.16 bits per heavy atom. The smallest absolute Gasteiger partial charge is 0.317 e. The van der Waals surface area contributed by atoms with Gasteiger partial charge in [-0.05, 0) is 43.0 Å². The van der Waals surface area contributed by atoms with E-state index in [2.05, 4.69) is 10.2 Å². The lowest BCUT2D eigenvalue weighted by molar-refractivity contribution is -0.123. The average Bonchev–Trinajstić information content (AvgIpc) is 2.62. The molecule has 7 heteroatoms. The standard InChI is InChI=1S/C18H25ClN4O2/c19-16-5-1-3-13-12-23(9-6-15(13)16)18(25)21-7-10-22-8-2-4-14(11-22)17(20)24/h1,3,5,14H,2,4,6-12H2,(H2,20,24)(H,21,25)/t14-/m1/s1. The Labute approximate surface area is 153 Å². The van der Waals surface area contributed by atoms with Crippen LogP contribution in [0.25, 0.3) is 0 Å². The fraction of sp³-hybridized carbons (Fsp3) is 0.556. The second-order valence-electron chi connectivity index (χ2n) is 6.82. The highest BCUT2D eigenvalue weighted by Crippen LogP contribution is 2.25. The summed E-state index contributed by atoms with van der Waals surface area (Å²) in [5, 5.41) is 3.77. The van der Waals surface area contributed by atoms with Gasteiger partial charge in [-0.15, -0.1) is 0 Å². The molecule has 1 saturated heterocycles. The molecule has 3 amide bonds. The van der Waals surface area contributed by atoms with Gasteiger partial charge in [0.25, 0.3) is 0 Å². The fourth-order valence-electron chi connectivity index (χ4n) is 3.66. The third-order valence-corrected chi connectivity index (χ3v) is 5.46. The normalized spacial score (nSPS) is 20.8. The Hall–Kier alpha value is -1.79. The molecule has 2 heterocycles. The Morgan fingerprint density at radius 3 is 2.96 bits per heavy atom. The van der Waals surface area contributed by atoms with Gasteiger partial charge in [0, 0.05) is 37.7 Å². The molecule has 0 unspecified atom stereocenters. The second-order valence-corrected chi connectivity index (χ2v) is 7.23. The zero-order valence-electron chi connectivity index (χ0n) is 14.3. The first-order valence-electron chi connectivity index (χ1n) is 8.85. The van der Waals surface area contributed by atoms with Crippen LogP contribution in [0, 0.1) is 5.92 Å². The molecule has 3 N–H and O–H groups in total. The van der Waals surface area contributed by atoms with Crippen molar-refractivity contribution in [3.8, 4) is 0 Å². The molecule has 1 fully saturated rings. The summed E-state index contributed by atoms with van der Waals surface area (Å²) in [6.45, 7) is 4.23. The number of primary amides is 1. The van der Waals surface area contributed by atoms with Crippen LogP contribution in [0.15, 0.2) is 18.2 Å². The van der Waals surface area contributed by atoms with Crippen molar-refractivity contribution in [1.29, 1.82) is 0 Å². The molecule has 136 valence electrons.